The number of likely N-dealkylation sites (tertiary alicyclic amines) is 1. The molecule has 0 bridgehead atoms. The minimum Gasteiger partial charge on any atom is -0.346 e. The maximum atomic E-state index is 13.1. The number of hydrogen-bond donors (Lipinski definition) is 2. The molecule has 0 spiro atoms. The Kier molecular flexibility index (Phi) is 14.9. The molecule has 3 heterocycles. The summed E-state index contributed by atoms with van der Waals surface area (Å²) in [6, 6.07) is 9.99. The number of halogens is 3. The van der Waals surface area contributed by atoms with E-state index in [1.165, 1.54) is 0 Å². The van der Waals surface area contributed by atoms with Crippen molar-refractivity contribution in [1.82, 2.24) is 25.2 Å². The Morgan fingerprint density at radius 1 is 1.08 bits per heavy atom. The van der Waals surface area contributed by atoms with Crippen LogP contribution in [0.3, 0.4) is 0 Å². The zero-order valence-corrected chi connectivity index (χ0v) is 24.6. The number of Topliss-reactive ketones (excluding diaryl/α,β-unsaturated/α-hetero) is 1. The second-order valence-electron chi connectivity index (χ2n) is 9.72. The number of hydrogen-bond acceptors (Lipinski definition) is 5. The van der Waals surface area contributed by atoms with Crippen LogP contribution in [0, 0.1) is 5.92 Å². The van der Waals surface area contributed by atoms with Gasteiger partial charge in [0.15, 0.2) is 0 Å². The lowest BCUT2D eigenvalue weighted by atomic mass is 9.95. The van der Waals surface area contributed by atoms with Gasteiger partial charge in [-0.2, -0.15) is 0 Å². The molecule has 1 fully saturated rings. The number of aromatic amines is 1. The molecule has 210 valence electrons. The van der Waals surface area contributed by atoms with Crippen molar-refractivity contribution in [3.05, 3.63) is 48.5 Å². The second-order valence-corrected chi connectivity index (χ2v) is 9.72. The van der Waals surface area contributed by atoms with Crippen LogP contribution in [0.5, 0.6) is 0 Å². The van der Waals surface area contributed by atoms with Gasteiger partial charge in [0.1, 0.15) is 11.6 Å². The van der Waals surface area contributed by atoms with Crippen molar-refractivity contribution >= 4 is 59.8 Å². The van der Waals surface area contributed by atoms with Crippen LogP contribution < -0.4 is 5.32 Å². The highest BCUT2D eigenvalue weighted by Crippen LogP contribution is 2.26. The molecular formula is C28H40Cl3N5O2. The van der Waals surface area contributed by atoms with Crippen molar-refractivity contribution in [2.75, 3.05) is 20.1 Å². The fourth-order valence-corrected chi connectivity index (χ4v) is 4.77. The van der Waals surface area contributed by atoms with Gasteiger partial charge in [-0.05, 0) is 64.0 Å². The van der Waals surface area contributed by atoms with Crippen LogP contribution in [0.1, 0.15) is 70.2 Å². The molecule has 1 aliphatic heterocycles. The molecule has 3 aromatic rings. The predicted molar refractivity (Wildman–Crippen MR) is 161 cm³/mol. The molecular weight excluding hydrogens is 545 g/mol. The van der Waals surface area contributed by atoms with Crippen molar-refractivity contribution in [2.24, 2.45) is 5.92 Å². The monoisotopic (exact) mass is 583 g/mol. The highest BCUT2D eigenvalue weighted by molar-refractivity contribution is 5.86. The topological polar surface area (TPSA) is 91.0 Å². The first-order valence-corrected chi connectivity index (χ1v) is 12.9. The van der Waals surface area contributed by atoms with Crippen molar-refractivity contribution in [1.29, 1.82) is 0 Å². The van der Waals surface area contributed by atoms with Gasteiger partial charge in [-0.1, -0.05) is 31.9 Å². The molecule has 2 aromatic heterocycles. The molecule has 1 aromatic carbocycles. The lowest BCUT2D eigenvalue weighted by Crippen LogP contribution is -2.40. The highest BCUT2D eigenvalue weighted by atomic mass is 35.5. The maximum absolute atomic E-state index is 13.1. The number of ketones is 1. The Morgan fingerprint density at radius 2 is 1.84 bits per heavy atom. The summed E-state index contributed by atoms with van der Waals surface area (Å²) in [5.41, 5.74) is 2.93. The van der Waals surface area contributed by atoms with Gasteiger partial charge in [0, 0.05) is 35.9 Å². The standard InChI is InChI=1S/C28H37N5O2.3ClH/c1-3-23(34)9-5-4-6-10-25(32-28(35)20-13-16-33(2)17-14-20)27-30-19-26(31-27)22-11-12-24-21(18-22)8-7-15-29-24;;;/h7-8,11-12,15,18-20,25H,3-6,9-10,13-14,16-17H2,1-2H3,(H,30,31)(H,32,35);3*1H/t25-;;;/m0.../s1. The summed E-state index contributed by atoms with van der Waals surface area (Å²) in [5.74, 6) is 1.29. The first-order chi connectivity index (χ1) is 17.0. The Balaban J connectivity index is 0.00000241. The van der Waals surface area contributed by atoms with Crippen molar-refractivity contribution in [3.63, 3.8) is 0 Å². The number of piperidine rings is 1. The molecule has 1 saturated heterocycles. The molecule has 0 radical (unpaired) electrons. The van der Waals surface area contributed by atoms with Gasteiger partial charge in [0.05, 0.1) is 23.4 Å². The Labute approximate surface area is 244 Å². The molecule has 10 heteroatoms. The number of pyridine rings is 1. The Hall–Kier alpha value is -2.19. The first-order valence-electron chi connectivity index (χ1n) is 12.9. The second kappa shape index (κ2) is 16.7. The van der Waals surface area contributed by atoms with Crippen LogP contribution in [0.25, 0.3) is 22.2 Å². The van der Waals surface area contributed by atoms with Crippen molar-refractivity contribution in [3.8, 4) is 11.3 Å². The number of aromatic nitrogens is 3. The molecule has 1 amide bonds. The zero-order chi connectivity index (χ0) is 24.6. The number of benzene rings is 1. The van der Waals surface area contributed by atoms with Crippen LogP contribution in [-0.4, -0.2) is 51.7 Å². The SMILES string of the molecule is CCC(=O)CCCCC[C@H](NC(=O)C1CCN(C)CC1)c1ncc(-c2ccc3ncccc3c2)[nH]1.Cl.Cl.Cl. The van der Waals surface area contributed by atoms with Crippen molar-refractivity contribution < 1.29 is 9.59 Å². The van der Waals surface area contributed by atoms with E-state index < -0.39 is 0 Å². The van der Waals surface area contributed by atoms with Crippen LogP contribution in [0.15, 0.2) is 42.7 Å². The van der Waals surface area contributed by atoms with Gasteiger partial charge in [-0.3, -0.25) is 14.6 Å². The molecule has 0 saturated carbocycles. The fraction of sp³-hybridized carbons (Fsp3) is 0.500. The van der Waals surface area contributed by atoms with E-state index in [2.05, 4.69) is 44.3 Å². The third kappa shape index (κ3) is 9.23. The van der Waals surface area contributed by atoms with Gasteiger partial charge < -0.3 is 15.2 Å². The normalized spacial score (nSPS) is 14.6. The van der Waals surface area contributed by atoms with Crippen molar-refractivity contribution in [2.45, 2.75) is 64.3 Å². The maximum Gasteiger partial charge on any atom is 0.223 e. The smallest absolute Gasteiger partial charge is 0.223 e. The van der Waals surface area contributed by atoms with Gasteiger partial charge in [-0.25, -0.2) is 4.98 Å². The number of amides is 1. The lowest BCUT2D eigenvalue weighted by molar-refractivity contribution is -0.127. The van der Waals surface area contributed by atoms with Crippen LogP contribution in [0.4, 0.5) is 0 Å². The number of imidazole rings is 1. The van der Waals surface area contributed by atoms with E-state index in [-0.39, 0.29) is 55.1 Å². The van der Waals surface area contributed by atoms with Gasteiger partial charge >= 0.3 is 0 Å². The van der Waals surface area contributed by atoms with Crippen LogP contribution in [0.2, 0.25) is 0 Å². The summed E-state index contributed by atoms with van der Waals surface area (Å²) >= 11 is 0. The van der Waals surface area contributed by atoms with Gasteiger partial charge in [0.25, 0.3) is 0 Å². The molecule has 4 rings (SSSR count). The minimum atomic E-state index is -0.167. The molecule has 1 aliphatic rings. The Bertz CT molecular complexity index is 1150. The van der Waals surface area contributed by atoms with E-state index in [0.717, 1.165) is 79.6 Å². The molecule has 0 aliphatic carbocycles. The van der Waals surface area contributed by atoms with E-state index in [1.807, 2.05) is 31.3 Å². The summed E-state index contributed by atoms with van der Waals surface area (Å²) in [6.07, 6.45) is 10.3. The average Bonchev–Trinajstić information content (AvgIpc) is 3.38. The lowest BCUT2D eigenvalue weighted by Gasteiger charge is -2.29. The summed E-state index contributed by atoms with van der Waals surface area (Å²) in [4.78, 5) is 39.5. The number of H-pyrrole nitrogens is 1. The van der Waals surface area contributed by atoms with Crippen LogP contribution >= 0.6 is 37.2 Å². The van der Waals surface area contributed by atoms with E-state index >= 15 is 0 Å². The number of fused-ring (bicyclic) bond motifs is 1. The van der Waals surface area contributed by atoms with E-state index in [9.17, 15) is 9.59 Å². The third-order valence-electron chi connectivity index (χ3n) is 7.09. The first kappa shape index (κ1) is 33.8. The zero-order valence-electron chi connectivity index (χ0n) is 22.2. The van der Waals surface area contributed by atoms with E-state index in [4.69, 9.17) is 0 Å². The van der Waals surface area contributed by atoms with E-state index in [0.29, 0.717) is 18.6 Å². The van der Waals surface area contributed by atoms with E-state index in [1.54, 1.807) is 6.20 Å². The highest BCUT2D eigenvalue weighted by Gasteiger charge is 2.26. The predicted octanol–water partition coefficient (Wildman–Crippen LogP) is 6.32. The molecule has 1 atom stereocenters. The summed E-state index contributed by atoms with van der Waals surface area (Å²) in [5, 5.41) is 4.37. The summed E-state index contributed by atoms with van der Waals surface area (Å²) in [6.45, 7) is 3.82. The quantitative estimate of drug-likeness (QED) is 0.257. The third-order valence-corrected chi connectivity index (χ3v) is 7.09. The largest absolute Gasteiger partial charge is 0.346 e. The molecule has 38 heavy (non-hydrogen) atoms. The molecule has 2 N–H and O–H groups in total. The average molecular weight is 585 g/mol. The number of carbonyl (C=O) groups excluding carboxylic acids is 2. The molecule has 0 unspecified atom stereocenters. The Morgan fingerprint density at radius 3 is 2.58 bits per heavy atom. The fourth-order valence-electron chi connectivity index (χ4n) is 4.77. The van der Waals surface area contributed by atoms with Gasteiger partial charge in [-0.15, -0.1) is 37.2 Å². The number of nitrogens with one attached hydrogen (secondary N) is 2. The van der Waals surface area contributed by atoms with Gasteiger partial charge in [0.2, 0.25) is 5.91 Å². The number of rotatable bonds is 11. The number of nitrogens with zero attached hydrogens (tertiary/aromatic N) is 3. The molecule has 7 nitrogen and oxygen atoms in total. The number of carbonyl (C=O) groups is 2. The summed E-state index contributed by atoms with van der Waals surface area (Å²) < 4.78 is 0. The minimum absolute atomic E-state index is 0. The van der Waals surface area contributed by atoms with Crippen LogP contribution in [-0.2, 0) is 9.59 Å². The summed E-state index contributed by atoms with van der Waals surface area (Å²) in [7, 11) is 2.10. The number of unbranched alkanes of at least 4 members (excludes halogenated alkanes) is 2.